The highest BCUT2D eigenvalue weighted by atomic mass is 16.4. The second-order valence-electron chi connectivity index (χ2n) is 5.96. The van der Waals surface area contributed by atoms with Crippen molar-refractivity contribution in [2.45, 2.75) is 32.1 Å². The number of carbonyl (C=O) groups is 2. The average molecular weight is 325 g/mol. The maximum atomic E-state index is 11.9. The molecule has 0 spiro atoms. The van der Waals surface area contributed by atoms with E-state index in [0.29, 0.717) is 25.3 Å². The van der Waals surface area contributed by atoms with Crippen LogP contribution in [0.5, 0.6) is 0 Å². The van der Waals surface area contributed by atoms with Gasteiger partial charge >= 0.3 is 5.97 Å². The minimum atomic E-state index is -0.934. The van der Waals surface area contributed by atoms with Gasteiger partial charge in [-0.2, -0.15) is 0 Å². The molecule has 0 aliphatic carbocycles. The fourth-order valence-corrected chi connectivity index (χ4v) is 2.59. The van der Waals surface area contributed by atoms with Gasteiger partial charge in [0.2, 0.25) is 5.91 Å². The molecule has 2 aromatic carbocycles. The largest absolute Gasteiger partial charge is 0.478 e. The second-order valence-corrected chi connectivity index (χ2v) is 5.96. The summed E-state index contributed by atoms with van der Waals surface area (Å²) >= 11 is 0. The van der Waals surface area contributed by atoms with Gasteiger partial charge in [-0.3, -0.25) is 4.79 Å². The number of hydrogen-bond donors (Lipinski definition) is 2. The number of carboxylic acid groups (broad SMARTS) is 1. The topological polar surface area (TPSA) is 66.4 Å². The molecule has 0 aliphatic heterocycles. The van der Waals surface area contributed by atoms with Crippen molar-refractivity contribution >= 4 is 11.9 Å². The molecule has 4 nitrogen and oxygen atoms in total. The summed E-state index contributed by atoms with van der Waals surface area (Å²) in [6, 6.07) is 17.0. The zero-order valence-electron chi connectivity index (χ0n) is 13.9. The number of rotatable bonds is 8. The van der Waals surface area contributed by atoms with Crippen LogP contribution in [0.3, 0.4) is 0 Å². The van der Waals surface area contributed by atoms with E-state index in [9.17, 15) is 9.59 Å². The highest BCUT2D eigenvalue weighted by molar-refractivity contribution is 5.87. The van der Waals surface area contributed by atoms with E-state index in [1.54, 1.807) is 18.2 Å². The Morgan fingerprint density at radius 1 is 1.08 bits per heavy atom. The van der Waals surface area contributed by atoms with Gasteiger partial charge in [0.15, 0.2) is 0 Å². The summed E-state index contributed by atoms with van der Waals surface area (Å²) in [5.41, 5.74) is 2.43. The Kier molecular flexibility index (Phi) is 6.55. The van der Waals surface area contributed by atoms with E-state index in [1.165, 1.54) is 5.56 Å². The fourth-order valence-electron chi connectivity index (χ4n) is 2.59. The van der Waals surface area contributed by atoms with Crippen LogP contribution < -0.4 is 5.32 Å². The first-order chi connectivity index (χ1) is 11.6. The number of carboxylic acids is 1. The summed E-state index contributed by atoms with van der Waals surface area (Å²) in [6.45, 7) is 2.64. The van der Waals surface area contributed by atoms with Crippen LogP contribution in [0.4, 0.5) is 0 Å². The van der Waals surface area contributed by atoms with E-state index in [4.69, 9.17) is 5.11 Å². The third kappa shape index (κ3) is 5.54. The Bertz CT molecular complexity index is 682. The predicted octanol–water partition coefficient (Wildman–Crippen LogP) is 3.63. The second kappa shape index (κ2) is 8.87. The van der Waals surface area contributed by atoms with Gasteiger partial charge in [-0.15, -0.1) is 0 Å². The predicted molar refractivity (Wildman–Crippen MR) is 94.2 cm³/mol. The van der Waals surface area contributed by atoms with Crippen LogP contribution in [0.25, 0.3) is 0 Å². The number of hydrogen-bond acceptors (Lipinski definition) is 2. The molecule has 0 aromatic heterocycles. The van der Waals surface area contributed by atoms with E-state index < -0.39 is 5.97 Å². The molecule has 0 fully saturated rings. The number of aromatic carboxylic acids is 1. The van der Waals surface area contributed by atoms with Gasteiger partial charge in [0.1, 0.15) is 0 Å². The van der Waals surface area contributed by atoms with Crippen molar-refractivity contribution in [2.75, 3.05) is 6.54 Å². The van der Waals surface area contributed by atoms with Gasteiger partial charge in [0, 0.05) is 13.0 Å². The van der Waals surface area contributed by atoms with Crippen LogP contribution in [0, 0.1) is 0 Å². The molecule has 1 amide bonds. The van der Waals surface area contributed by atoms with Crippen LogP contribution in [-0.4, -0.2) is 23.5 Å². The van der Waals surface area contributed by atoms with Crippen molar-refractivity contribution in [2.24, 2.45) is 0 Å². The lowest BCUT2D eigenvalue weighted by Gasteiger charge is -2.11. The number of amides is 1. The Morgan fingerprint density at radius 3 is 2.54 bits per heavy atom. The van der Waals surface area contributed by atoms with Crippen LogP contribution in [0.1, 0.15) is 47.2 Å². The molecule has 2 N–H and O–H groups in total. The summed E-state index contributed by atoms with van der Waals surface area (Å²) in [6.07, 6.45) is 1.93. The van der Waals surface area contributed by atoms with E-state index in [-0.39, 0.29) is 11.5 Å². The molecule has 2 aromatic rings. The summed E-state index contributed by atoms with van der Waals surface area (Å²) in [4.78, 5) is 22.9. The number of benzene rings is 2. The van der Waals surface area contributed by atoms with Gasteiger partial charge in [-0.05, 0) is 42.0 Å². The quantitative estimate of drug-likeness (QED) is 0.779. The van der Waals surface area contributed by atoms with E-state index in [1.807, 2.05) is 24.3 Å². The summed E-state index contributed by atoms with van der Waals surface area (Å²) in [5.74, 6) is -0.549. The Labute approximate surface area is 142 Å². The first-order valence-electron chi connectivity index (χ1n) is 8.20. The molecule has 0 saturated carbocycles. The fraction of sp³-hybridized carbons (Fsp3) is 0.300. The zero-order valence-corrected chi connectivity index (χ0v) is 13.9. The van der Waals surface area contributed by atoms with Crippen molar-refractivity contribution in [1.29, 1.82) is 0 Å². The van der Waals surface area contributed by atoms with Crippen molar-refractivity contribution in [3.63, 3.8) is 0 Å². The molecule has 2 rings (SSSR count). The lowest BCUT2D eigenvalue weighted by Crippen LogP contribution is -2.25. The van der Waals surface area contributed by atoms with E-state index in [2.05, 4.69) is 24.4 Å². The van der Waals surface area contributed by atoms with Crippen molar-refractivity contribution in [3.8, 4) is 0 Å². The van der Waals surface area contributed by atoms with Gasteiger partial charge in [0.05, 0.1) is 5.56 Å². The Hall–Kier alpha value is -2.62. The van der Waals surface area contributed by atoms with Crippen molar-refractivity contribution in [1.82, 2.24) is 5.32 Å². The van der Waals surface area contributed by atoms with Crippen molar-refractivity contribution in [3.05, 3.63) is 71.3 Å². The van der Waals surface area contributed by atoms with E-state index in [0.717, 1.165) is 12.0 Å². The summed E-state index contributed by atoms with van der Waals surface area (Å²) in [7, 11) is 0. The third-order valence-corrected chi connectivity index (χ3v) is 4.08. The minimum Gasteiger partial charge on any atom is -0.478 e. The van der Waals surface area contributed by atoms with Gasteiger partial charge in [-0.1, -0.05) is 49.4 Å². The van der Waals surface area contributed by atoms with Crippen LogP contribution in [-0.2, 0) is 11.2 Å². The van der Waals surface area contributed by atoms with Crippen LogP contribution in [0.2, 0.25) is 0 Å². The number of nitrogens with one attached hydrogen (secondary N) is 1. The van der Waals surface area contributed by atoms with Gasteiger partial charge < -0.3 is 10.4 Å². The molecule has 1 unspecified atom stereocenters. The molecule has 126 valence electrons. The molecular weight excluding hydrogens is 302 g/mol. The Balaban J connectivity index is 1.72. The zero-order chi connectivity index (χ0) is 17.4. The molecule has 0 bridgehead atoms. The van der Waals surface area contributed by atoms with Gasteiger partial charge in [-0.25, -0.2) is 4.79 Å². The average Bonchev–Trinajstić information content (AvgIpc) is 2.60. The Morgan fingerprint density at radius 2 is 1.83 bits per heavy atom. The summed E-state index contributed by atoms with van der Waals surface area (Å²) in [5, 5.41) is 11.9. The molecule has 4 heteroatoms. The molecule has 24 heavy (non-hydrogen) atoms. The number of carbonyl (C=O) groups excluding carboxylic acids is 1. The highest BCUT2D eigenvalue weighted by Gasteiger charge is 2.08. The van der Waals surface area contributed by atoms with Crippen LogP contribution >= 0.6 is 0 Å². The molecule has 0 saturated heterocycles. The third-order valence-electron chi connectivity index (χ3n) is 4.08. The molecular formula is C20H23NO3. The molecule has 0 radical (unpaired) electrons. The van der Waals surface area contributed by atoms with Gasteiger partial charge in [0.25, 0.3) is 0 Å². The standard InChI is InChI=1S/C20H23NO3/c1-15(17-7-3-2-4-8-17)10-11-19(22)21-13-12-16-6-5-9-18(14-16)20(23)24/h2-9,14-15H,10-13H2,1H3,(H,21,22)(H,23,24). The van der Waals surface area contributed by atoms with E-state index >= 15 is 0 Å². The van der Waals surface area contributed by atoms with Crippen molar-refractivity contribution < 1.29 is 14.7 Å². The molecule has 1 atom stereocenters. The lowest BCUT2D eigenvalue weighted by atomic mass is 9.96. The monoisotopic (exact) mass is 325 g/mol. The molecule has 0 heterocycles. The minimum absolute atomic E-state index is 0.0344. The maximum absolute atomic E-state index is 11.9. The maximum Gasteiger partial charge on any atom is 0.335 e. The van der Waals surface area contributed by atoms with Crippen LogP contribution in [0.15, 0.2) is 54.6 Å². The lowest BCUT2D eigenvalue weighted by molar-refractivity contribution is -0.121. The highest BCUT2D eigenvalue weighted by Crippen LogP contribution is 2.19. The SMILES string of the molecule is CC(CCC(=O)NCCc1cccc(C(=O)O)c1)c1ccccc1. The first-order valence-corrected chi connectivity index (χ1v) is 8.20. The smallest absolute Gasteiger partial charge is 0.335 e. The normalized spacial score (nSPS) is 11.7. The first kappa shape index (κ1) is 17.7. The summed E-state index contributed by atoms with van der Waals surface area (Å²) < 4.78 is 0. The molecule has 0 aliphatic rings.